The Labute approximate surface area is 127 Å². The first-order chi connectivity index (χ1) is 9.87. The summed E-state index contributed by atoms with van der Waals surface area (Å²) in [6.45, 7) is -0.000818. The number of carboxylic acids is 1. The third-order valence-corrected chi connectivity index (χ3v) is 7.06. The minimum atomic E-state index is -3.84. The lowest BCUT2D eigenvalue weighted by Crippen LogP contribution is -2.60. The minimum absolute atomic E-state index is 0.000818. The molecule has 3 rings (SSSR count). The van der Waals surface area contributed by atoms with Crippen LogP contribution >= 0.6 is 11.6 Å². The number of aliphatic carboxylic acids is 1. The highest BCUT2D eigenvalue weighted by Gasteiger charge is 2.52. The van der Waals surface area contributed by atoms with Gasteiger partial charge in [-0.25, -0.2) is 8.42 Å². The van der Waals surface area contributed by atoms with Crippen molar-refractivity contribution in [2.24, 2.45) is 5.92 Å². The molecule has 1 atom stereocenters. The normalized spacial score (nSPS) is 25.7. The quantitative estimate of drug-likeness (QED) is 0.917. The highest BCUT2D eigenvalue weighted by Crippen LogP contribution is 2.48. The van der Waals surface area contributed by atoms with E-state index in [2.05, 4.69) is 0 Å². The molecule has 6 nitrogen and oxygen atoms in total. The number of furan rings is 1. The lowest BCUT2D eigenvalue weighted by atomic mass is 9.70. The van der Waals surface area contributed by atoms with E-state index in [0.29, 0.717) is 12.8 Å². The fraction of sp³-hybridized carbons (Fsp3) is 0.615. The third-order valence-electron chi connectivity index (χ3n) is 4.66. The molecule has 0 amide bonds. The molecule has 2 aliphatic rings. The summed E-state index contributed by atoms with van der Waals surface area (Å²) in [7, 11) is -3.84. The van der Waals surface area contributed by atoms with E-state index in [1.165, 1.54) is 16.6 Å². The summed E-state index contributed by atoms with van der Waals surface area (Å²) >= 11 is 5.81. The van der Waals surface area contributed by atoms with Crippen molar-refractivity contribution in [3.05, 3.63) is 17.5 Å². The third kappa shape index (κ3) is 2.27. The van der Waals surface area contributed by atoms with Crippen LogP contribution in [0.25, 0.3) is 0 Å². The van der Waals surface area contributed by atoms with Crippen LogP contribution in [-0.4, -0.2) is 35.9 Å². The minimum Gasteiger partial charge on any atom is -0.481 e. The fourth-order valence-electron chi connectivity index (χ4n) is 3.28. The highest BCUT2D eigenvalue weighted by molar-refractivity contribution is 7.89. The van der Waals surface area contributed by atoms with Crippen LogP contribution in [0.5, 0.6) is 0 Å². The maximum atomic E-state index is 12.8. The molecule has 1 aliphatic carbocycles. The number of rotatable bonds is 3. The van der Waals surface area contributed by atoms with Crippen molar-refractivity contribution >= 4 is 27.6 Å². The average molecular weight is 334 g/mol. The van der Waals surface area contributed by atoms with Crippen molar-refractivity contribution in [1.82, 2.24) is 4.31 Å². The standard InChI is InChI=1S/C13H16ClNO5S/c14-11-10(3-7-20-11)21(18,19)15-8-9(12(16)17)2-6-13(15)4-1-5-13/h3,7,9H,1-2,4-6,8H2,(H,16,17). The Morgan fingerprint density at radius 2 is 2.14 bits per heavy atom. The zero-order chi connectivity index (χ0) is 15.3. The van der Waals surface area contributed by atoms with E-state index in [4.69, 9.17) is 16.0 Å². The van der Waals surface area contributed by atoms with Crippen molar-refractivity contribution in [2.75, 3.05) is 6.54 Å². The molecule has 2 heterocycles. The fourth-order valence-corrected chi connectivity index (χ4v) is 5.56. The number of piperidine rings is 1. The van der Waals surface area contributed by atoms with Gasteiger partial charge in [0, 0.05) is 12.1 Å². The van der Waals surface area contributed by atoms with Crippen LogP contribution in [0.15, 0.2) is 21.6 Å². The molecule has 21 heavy (non-hydrogen) atoms. The maximum absolute atomic E-state index is 12.8. The van der Waals surface area contributed by atoms with Gasteiger partial charge in [-0.1, -0.05) is 0 Å². The SMILES string of the molecule is O=C(O)C1CCC2(CCC2)N(S(=O)(=O)c2ccoc2Cl)C1. The molecule has 0 aromatic carbocycles. The summed E-state index contributed by atoms with van der Waals surface area (Å²) in [5.74, 6) is -1.63. The van der Waals surface area contributed by atoms with E-state index < -0.39 is 27.4 Å². The van der Waals surface area contributed by atoms with E-state index >= 15 is 0 Å². The Balaban J connectivity index is 2.00. The van der Waals surface area contributed by atoms with Crippen molar-refractivity contribution in [3.8, 4) is 0 Å². The van der Waals surface area contributed by atoms with Gasteiger partial charge in [0.05, 0.1) is 12.2 Å². The Kier molecular flexibility index (Phi) is 3.54. The first kappa shape index (κ1) is 14.9. The second-order valence-electron chi connectivity index (χ2n) is 5.75. The zero-order valence-corrected chi connectivity index (χ0v) is 12.9. The Morgan fingerprint density at radius 3 is 2.62 bits per heavy atom. The van der Waals surface area contributed by atoms with E-state index in [1.807, 2.05) is 0 Å². The van der Waals surface area contributed by atoms with Crippen molar-refractivity contribution in [2.45, 2.75) is 42.5 Å². The van der Waals surface area contributed by atoms with E-state index in [-0.39, 0.29) is 16.7 Å². The number of nitrogens with zero attached hydrogens (tertiary/aromatic N) is 1. The molecule has 116 valence electrons. The maximum Gasteiger partial charge on any atom is 0.307 e. The molecule has 0 radical (unpaired) electrons. The van der Waals surface area contributed by atoms with Gasteiger partial charge in [0.2, 0.25) is 15.2 Å². The summed E-state index contributed by atoms with van der Waals surface area (Å²) in [5, 5.41) is 9.02. The zero-order valence-electron chi connectivity index (χ0n) is 11.3. The van der Waals surface area contributed by atoms with Crippen LogP contribution in [0.1, 0.15) is 32.1 Å². The van der Waals surface area contributed by atoms with Gasteiger partial charge < -0.3 is 9.52 Å². The molecule has 1 aliphatic heterocycles. The summed E-state index contributed by atoms with van der Waals surface area (Å²) in [4.78, 5) is 11.1. The topological polar surface area (TPSA) is 87.8 Å². The van der Waals surface area contributed by atoms with Gasteiger partial charge in [0.1, 0.15) is 4.90 Å². The lowest BCUT2D eigenvalue weighted by Gasteiger charge is -2.53. The van der Waals surface area contributed by atoms with Gasteiger partial charge in [0.15, 0.2) is 0 Å². The summed E-state index contributed by atoms with van der Waals surface area (Å²) < 4.78 is 31.9. The Hall–Kier alpha value is -1.05. The van der Waals surface area contributed by atoms with Crippen molar-refractivity contribution < 1.29 is 22.7 Å². The predicted octanol–water partition coefficient (Wildman–Crippen LogP) is 2.34. The first-order valence-corrected chi connectivity index (χ1v) is 8.67. The summed E-state index contributed by atoms with van der Waals surface area (Å²) in [6.07, 6.45) is 4.82. The number of hydrogen-bond acceptors (Lipinski definition) is 4. The molecule has 1 aromatic rings. The van der Waals surface area contributed by atoms with E-state index in [1.54, 1.807) is 0 Å². The van der Waals surface area contributed by atoms with Gasteiger partial charge >= 0.3 is 5.97 Å². The second-order valence-corrected chi connectivity index (χ2v) is 7.92. The van der Waals surface area contributed by atoms with Gasteiger partial charge in [-0.3, -0.25) is 4.79 Å². The molecule has 1 saturated heterocycles. The predicted molar refractivity (Wildman–Crippen MR) is 74.6 cm³/mol. The molecule has 1 unspecified atom stereocenters. The van der Waals surface area contributed by atoms with Gasteiger partial charge in [0.25, 0.3) is 0 Å². The summed E-state index contributed by atoms with van der Waals surface area (Å²) in [5.41, 5.74) is -0.439. The van der Waals surface area contributed by atoms with Crippen LogP contribution in [-0.2, 0) is 14.8 Å². The van der Waals surface area contributed by atoms with Crippen LogP contribution in [0.3, 0.4) is 0 Å². The largest absolute Gasteiger partial charge is 0.481 e. The molecule has 1 spiro atoms. The van der Waals surface area contributed by atoms with Crippen LogP contribution < -0.4 is 0 Å². The molecular weight excluding hydrogens is 318 g/mol. The monoisotopic (exact) mass is 333 g/mol. The number of halogens is 1. The molecule has 1 saturated carbocycles. The second kappa shape index (κ2) is 5.00. The number of hydrogen-bond donors (Lipinski definition) is 1. The lowest BCUT2D eigenvalue weighted by molar-refractivity contribution is -0.144. The number of carboxylic acid groups (broad SMARTS) is 1. The van der Waals surface area contributed by atoms with E-state index in [9.17, 15) is 18.3 Å². The molecule has 2 fully saturated rings. The van der Waals surface area contributed by atoms with Crippen LogP contribution in [0.4, 0.5) is 0 Å². The first-order valence-electron chi connectivity index (χ1n) is 6.85. The molecule has 0 bridgehead atoms. The Bertz CT molecular complexity index is 664. The molecule has 1 aromatic heterocycles. The molecular formula is C13H16ClNO5S. The average Bonchev–Trinajstić information content (AvgIpc) is 2.83. The Morgan fingerprint density at radius 1 is 1.43 bits per heavy atom. The molecule has 8 heteroatoms. The highest BCUT2D eigenvalue weighted by atomic mass is 35.5. The van der Waals surface area contributed by atoms with Crippen molar-refractivity contribution in [3.63, 3.8) is 0 Å². The van der Waals surface area contributed by atoms with Gasteiger partial charge in [-0.05, 0) is 49.8 Å². The smallest absolute Gasteiger partial charge is 0.307 e. The van der Waals surface area contributed by atoms with Crippen LogP contribution in [0, 0.1) is 5.92 Å². The number of carbonyl (C=O) groups is 1. The number of sulfonamides is 1. The van der Waals surface area contributed by atoms with Crippen LogP contribution in [0.2, 0.25) is 5.22 Å². The molecule has 1 N–H and O–H groups in total. The van der Waals surface area contributed by atoms with E-state index in [0.717, 1.165) is 19.3 Å². The van der Waals surface area contributed by atoms with Gasteiger partial charge in [-0.15, -0.1) is 0 Å². The van der Waals surface area contributed by atoms with Gasteiger partial charge in [-0.2, -0.15) is 4.31 Å². The summed E-state index contributed by atoms with van der Waals surface area (Å²) in [6, 6.07) is 1.31. The van der Waals surface area contributed by atoms with Crippen molar-refractivity contribution in [1.29, 1.82) is 0 Å².